The van der Waals surface area contributed by atoms with Crippen LogP contribution in [0.25, 0.3) is 0 Å². The Morgan fingerprint density at radius 1 is 1.20 bits per heavy atom. The number of nitrogens with zero attached hydrogens (tertiary/aromatic N) is 2. The van der Waals surface area contributed by atoms with Gasteiger partial charge in [-0.05, 0) is 43.5 Å². The van der Waals surface area contributed by atoms with Gasteiger partial charge in [0.25, 0.3) is 0 Å². The van der Waals surface area contributed by atoms with Gasteiger partial charge in [0.2, 0.25) is 0 Å². The number of likely N-dealkylation sites (tertiary alicyclic amines) is 1. The third-order valence-corrected chi connectivity index (χ3v) is 5.53. The Morgan fingerprint density at radius 3 is 2.57 bits per heavy atom. The minimum Gasteiger partial charge on any atom is -0.386 e. The molecule has 162 valence electrons. The number of aliphatic hydroxyl groups is 1. The van der Waals surface area contributed by atoms with Gasteiger partial charge in [0.05, 0.1) is 6.54 Å². The first-order valence-corrected chi connectivity index (χ1v) is 10.9. The van der Waals surface area contributed by atoms with Crippen LogP contribution in [0.5, 0.6) is 0 Å². The van der Waals surface area contributed by atoms with Crippen molar-refractivity contribution < 1.29 is 9.50 Å². The maximum absolute atomic E-state index is 13.8. The maximum Gasteiger partial charge on any atom is 0.191 e. The van der Waals surface area contributed by atoms with Gasteiger partial charge in [-0.3, -0.25) is 9.89 Å². The van der Waals surface area contributed by atoms with Crippen molar-refractivity contribution in [3.63, 3.8) is 0 Å². The molecule has 0 aromatic heterocycles. The predicted molar refractivity (Wildman–Crippen MR) is 120 cm³/mol. The van der Waals surface area contributed by atoms with E-state index in [1.807, 2.05) is 19.1 Å². The molecule has 0 spiro atoms. The van der Waals surface area contributed by atoms with Crippen molar-refractivity contribution in [2.45, 2.75) is 38.5 Å². The molecule has 7 heteroatoms. The second-order valence-corrected chi connectivity index (χ2v) is 8.01. The lowest BCUT2D eigenvalue weighted by atomic mass is 10.0. The Kier molecular flexibility index (Phi) is 8.49. The smallest absolute Gasteiger partial charge is 0.191 e. The molecule has 1 unspecified atom stereocenters. The third-order valence-electron chi connectivity index (χ3n) is 5.28. The van der Waals surface area contributed by atoms with Gasteiger partial charge >= 0.3 is 0 Å². The van der Waals surface area contributed by atoms with Gasteiger partial charge in [0, 0.05) is 42.8 Å². The number of aliphatic hydroxyl groups excluding tert-OH is 1. The lowest BCUT2D eigenvalue weighted by molar-refractivity contribution is 0.181. The maximum atomic E-state index is 13.8. The van der Waals surface area contributed by atoms with Crippen LogP contribution in [0.2, 0.25) is 5.02 Å². The van der Waals surface area contributed by atoms with E-state index in [9.17, 15) is 9.50 Å². The molecule has 1 fully saturated rings. The number of nitrogens with one attached hydrogen (secondary N) is 2. The topological polar surface area (TPSA) is 59.9 Å². The second kappa shape index (κ2) is 11.3. The fraction of sp³-hybridized carbons (Fsp3) is 0.435. The summed E-state index contributed by atoms with van der Waals surface area (Å²) in [5.41, 5.74) is 1.54. The zero-order chi connectivity index (χ0) is 21.3. The molecule has 3 N–H and O–H groups in total. The van der Waals surface area contributed by atoms with E-state index in [-0.39, 0.29) is 12.1 Å². The summed E-state index contributed by atoms with van der Waals surface area (Å²) in [6.07, 6.45) is 1.05. The molecule has 2 aromatic rings. The van der Waals surface area contributed by atoms with Gasteiger partial charge in [-0.15, -0.1) is 0 Å². The van der Waals surface area contributed by atoms with Gasteiger partial charge in [0.1, 0.15) is 11.9 Å². The molecule has 1 aliphatic heterocycles. The van der Waals surface area contributed by atoms with Crippen LogP contribution in [0, 0.1) is 5.82 Å². The highest BCUT2D eigenvalue weighted by molar-refractivity contribution is 6.30. The van der Waals surface area contributed by atoms with E-state index < -0.39 is 11.9 Å². The zero-order valence-corrected chi connectivity index (χ0v) is 18.1. The molecule has 1 saturated heterocycles. The Morgan fingerprint density at radius 2 is 1.90 bits per heavy atom. The van der Waals surface area contributed by atoms with Gasteiger partial charge in [0.15, 0.2) is 5.96 Å². The number of hydrogen-bond donors (Lipinski definition) is 3. The fourth-order valence-electron chi connectivity index (χ4n) is 3.62. The molecule has 0 bridgehead atoms. The Balaban J connectivity index is 1.50. The highest BCUT2D eigenvalue weighted by atomic mass is 35.5. The number of piperidine rings is 1. The van der Waals surface area contributed by atoms with Crippen molar-refractivity contribution in [3.8, 4) is 0 Å². The van der Waals surface area contributed by atoms with Crippen LogP contribution in [0.15, 0.2) is 53.5 Å². The monoisotopic (exact) mass is 432 g/mol. The molecule has 0 amide bonds. The summed E-state index contributed by atoms with van der Waals surface area (Å²) in [7, 11) is 0. The standard InChI is InChI=1S/C23H30ClFN4O/c1-2-26-23(27-15-22(30)20-5-3-4-6-21(20)25)28-19-11-13-29(14-12-19)16-17-7-9-18(24)10-8-17/h3-10,19,22,30H,2,11-16H2,1H3,(H2,26,27,28). The molecule has 3 rings (SSSR count). The fourth-order valence-corrected chi connectivity index (χ4v) is 3.74. The molecule has 1 aliphatic rings. The van der Waals surface area contributed by atoms with E-state index >= 15 is 0 Å². The van der Waals surface area contributed by atoms with Crippen LogP contribution < -0.4 is 10.6 Å². The molecule has 5 nitrogen and oxygen atoms in total. The first-order valence-electron chi connectivity index (χ1n) is 10.5. The van der Waals surface area contributed by atoms with Crippen molar-refractivity contribution >= 4 is 17.6 Å². The average molecular weight is 433 g/mol. The number of hydrogen-bond acceptors (Lipinski definition) is 3. The van der Waals surface area contributed by atoms with E-state index in [0.29, 0.717) is 12.0 Å². The largest absolute Gasteiger partial charge is 0.386 e. The van der Waals surface area contributed by atoms with Crippen LogP contribution in [0.3, 0.4) is 0 Å². The highest BCUT2D eigenvalue weighted by Crippen LogP contribution is 2.18. The summed E-state index contributed by atoms with van der Waals surface area (Å²) in [6, 6.07) is 14.6. The molecule has 30 heavy (non-hydrogen) atoms. The molecule has 0 aliphatic carbocycles. The second-order valence-electron chi connectivity index (χ2n) is 7.58. The van der Waals surface area contributed by atoms with Crippen molar-refractivity contribution in [2.75, 3.05) is 26.2 Å². The van der Waals surface area contributed by atoms with E-state index in [0.717, 1.165) is 44.0 Å². The molecule has 2 aromatic carbocycles. The van der Waals surface area contributed by atoms with Crippen LogP contribution in [-0.4, -0.2) is 48.2 Å². The summed E-state index contributed by atoms with van der Waals surface area (Å²) >= 11 is 5.96. The van der Waals surface area contributed by atoms with Gasteiger partial charge < -0.3 is 15.7 Å². The molecular formula is C23H30ClFN4O. The number of guanidine groups is 1. The zero-order valence-electron chi connectivity index (χ0n) is 17.3. The molecule has 1 atom stereocenters. The molecule has 0 saturated carbocycles. The first kappa shape index (κ1) is 22.5. The minimum atomic E-state index is -0.970. The van der Waals surface area contributed by atoms with E-state index in [2.05, 4.69) is 32.7 Å². The number of halogens is 2. The Bertz CT molecular complexity index is 822. The van der Waals surface area contributed by atoms with Gasteiger partial charge in [-0.25, -0.2) is 4.39 Å². The van der Waals surface area contributed by atoms with Crippen molar-refractivity contribution in [1.82, 2.24) is 15.5 Å². The van der Waals surface area contributed by atoms with Crippen LogP contribution in [0.4, 0.5) is 4.39 Å². The Hall–Kier alpha value is -2.15. The lowest BCUT2D eigenvalue weighted by Gasteiger charge is -2.33. The number of benzene rings is 2. The van der Waals surface area contributed by atoms with Crippen molar-refractivity contribution in [2.24, 2.45) is 4.99 Å². The van der Waals surface area contributed by atoms with E-state index in [4.69, 9.17) is 11.6 Å². The lowest BCUT2D eigenvalue weighted by Crippen LogP contribution is -2.48. The normalized spacial score (nSPS) is 17.0. The Labute approximate surface area is 183 Å². The SMILES string of the molecule is CCNC(=NCC(O)c1ccccc1F)NC1CCN(Cc2ccc(Cl)cc2)CC1. The van der Waals surface area contributed by atoms with Gasteiger partial charge in [-0.2, -0.15) is 0 Å². The van der Waals surface area contributed by atoms with Crippen LogP contribution in [-0.2, 0) is 6.54 Å². The average Bonchev–Trinajstić information content (AvgIpc) is 2.75. The van der Waals surface area contributed by atoms with E-state index in [1.54, 1.807) is 18.2 Å². The number of aliphatic imine (C=N–C) groups is 1. The van der Waals surface area contributed by atoms with Crippen molar-refractivity contribution in [3.05, 3.63) is 70.5 Å². The summed E-state index contributed by atoms with van der Waals surface area (Å²) in [6.45, 7) is 5.74. The number of rotatable bonds is 7. The minimum absolute atomic E-state index is 0.103. The molecule has 0 radical (unpaired) electrons. The third kappa shape index (κ3) is 6.69. The summed E-state index contributed by atoms with van der Waals surface area (Å²) < 4.78 is 13.8. The van der Waals surface area contributed by atoms with Gasteiger partial charge in [-0.1, -0.05) is 41.9 Å². The molecular weight excluding hydrogens is 403 g/mol. The summed E-state index contributed by atoms with van der Waals surface area (Å²) in [4.78, 5) is 6.91. The first-order chi connectivity index (χ1) is 14.5. The van der Waals surface area contributed by atoms with E-state index in [1.165, 1.54) is 11.6 Å². The highest BCUT2D eigenvalue weighted by Gasteiger charge is 2.20. The quantitative estimate of drug-likeness (QED) is 0.461. The summed E-state index contributed by atoms with van der Waals surface area (Å²) in [5.74, 6) is 0.246. The van der Waals surface area contributed by atoms with Crippen LogP contribution >= 0.6 is 11.6 Å². The molecule has 1 heterocycles. The van der Waals surface area contributed by atoms with Crippen LogP contribution in [0.1, 0.15) is 37.0 Å². The summed E-state index contributed by atoms with van der Waals surface area (Å²) in [5, 5.41) is 17.7. The predicted octanol–water partition coefficient (Wildman–Crippen LogP) is 3.73. The van der Waals surface area contributed by atoms with Crippen molar-refractivity contribution in [1.29, 1.82) is 0 Å².